The predicted octanol–water partition coefficient (Wildman–Crippen LogP) is 2.94. The molecule has 4 heteroatoms. The largest absolute Gasteiger partial charge is 0.369 e. The minimum Gasteiger partial charge on any atom is -0.369 e. The van der Waals surface area contributed by atoms with Gasteiger partial charge in [-0.3, -0.25) is 4.98 Å². The maximum Gasteiger partial charge on any atom is 0.201 e. The first-order valence-corrected chi connectivity index (χ1v) is 7.49. The monoisotopic (exact) mass is 278 g/mol. The van der Waals surface area contributed by atoms with Crippen LogP contribution < -0.4 is 5.73 Å². The summed E-state index contributed by atoms with van der Waals surface area (Å²) >= 11 is 0. The highest BCUT2D eigenvalue weighted by Gasteiger charge is 2.19. The lowest BCUT2D eigenvalue weighted by Crippen LogP contribution is -2.10. The van der Waals surface area contributed by atoms with Gasteiger partial charge in [0.15, 0.2) is 0 Å². The Morgan fingerprint density at radius 1 is 1.10 bits per heavy atom. The number of rotatable bonds is 2. The Labute approximate surface area is 123 Å². The number of nitrogens with two attached hydrogens (primary N) is 1. The summed E-state index contributed by atoms with van der Waals surface area (Å²) < 4.78 is 2.14. The Morgan fingerprint density at radius 2 is 1.90 bits per heavy atom. The van der Waals surface area contributed by atoms with Crippen LogP contribution in [0.2, 0.25) is 0 Å². The zero-order chi connectivity index (χ0) is 14.2. The maximum absolute atomic E-state index is 6.16. The number of hydrogen-bond donors (Lipinski definition) is 1. The molecule has 1 aliphatic carbocycles. The minimum atomic E-state index is 0.578. The molecule has 0 saturated carbocycles. The summed E-state index contributed by atoms with van der Waals surface area (Å²) in [5.41, 5.74) is 12.1. The molecule has 0 spiro atoms. The molecule has 21 heavy (non-hydrogen) atoms. The van der Waals surface area contributed by atoms with Crippen molar-refractivity contribution in [3.05, 3.63) is 53.3 Å². The number of imidazole rings is 1. The number of nitrogen functional groups attached to an aromatic ring is 1. The molecule has 0 unspecified atom stereocenters. The predicted molar refractivity (Wildman–Crippen MR) is 84.1 cm³/mol. The van der Waals surface area contributed by atoms with E-state index in [2.05, 4.69) is 38.8 Å². The van der Waals surface area contributed by atoms with E-state index >= 15 is 0 Å². The lowest BCUT2D eigenvalue weighted by molar-refractivity contribution is 0.668. The van der Waals surface area contributed by atoms with Crippen molar-refractivity contribution in [2.45, 2.75) is 32.2 Å². The molecule has 2 heterocycles. The quantitative estimate of drug-likeness (QED) is 0.784. The first-order valence-electron chi connectivity index (χ1n) is 7.49. The summed E-state index contributed by atoms with van der Waals surface area (Å²) in [6, 6.07) is 10.4. The van der Waals surface area contributed by atoms with E-state index in [0.717, 1.165) is 24.9 Å². The Balaban J connectivity index is 1.89. The number of hydrogen-bond acceptors (Lipinski definition) is 3. The van der Waals surface area contributed by atoms with Crippen molar-refractivity contribution in [3.63, 3.8) is 0 Å². The number of benzene rings is 1. The highest BCUT2D eigenvalue weighted by Crippen LogP contribution is 2.29. The smallest absolute Gasteiger partial charge is 0.201 e. The van der Waals surface area contributed by atoms with Gasteiger partial charge in [-0.25, -0.2) is 4.98 Å². The molecule has 1 aromatic carbocycles. The van der Waals surface area contributed by atoms with E-state index in [-0.39, 0.29) is 0 Å². The van der Waals surface area contributed by atoms with Gasteiger partial charge in [0, 0.05) is 5.69 Å². The highest BCUT2D eigenvalue weighted by atomic mass is 15.2. The van der Waals surface area contributed by atoms with Crippen LogP contribution in [0.25, 0.3) is 11.0 Å². The third-order valence-corrected chi connectivity index (χ3v) is 4.27. The van der Waals surface area contributed by atoms with E-state index < -0.39 is 0 Å². The van der Waals surface area contributed by atoms with Crippen molar-refractivity contribution in [2.24, 2.45) is 0 Å². The molecule has 0 amide bonds. The van der Waals surface area contributed by atoms with Gasteiger partial charge in [0.2, 0.25) is 5.95 Å². The molecule has 0 aliphatic heterocycles. The van der Waals surface area contributed by atoms with E-state index in [1.807, 2.05) is 12.3 Å². The first-order chi connectivity index (χ1) is 10.3. The molecule has 0 atom stereocenters. The summed E-state index contributed by atoms with van der Waals surface area (Å²) in [5.74, 6) is 0.578. The molecule has 0 fully saturated rings. The molecular weight excluding hydrogens is 260 g/mol. The van der Waals surface area contributed by atoms with Gasteiger partial charge >= 0.3 is 0 Å². The number of anilines is 1. The van der Waals surface area contributed by atoms with Crippen LogP contribution in [0.15, 0.2) is 36.5 Å². The van der Waals surface area contributed by atoms with Gasteiger partial charge in [-0.2, -0.15) is 0 Å². The van der Waals surface area contributed by atoms with E-state index in [1.54, 1.807) is 0 Å². The van der Waals surface area contributed by atoms with Crippen molar-refractivity contribution in [2.75, 3.05) is 5.73 Å². The molecule has 2 aromatic heterocycles. The van der Waals surface area contributed by atoms with Gasteiger partial charge in [-0.05, 0) is 36.8 Å². The average molecular weight is 278 g/mol. The van der Waals surface area contributed by atoms with Crippen molar-refractivity contribution in [3.8, 4) is 0 Å². The number of fused-ring (bicyclic) bond motifs is 3. The third-order valence-electron chi connectivity index (χ3n) is 4.27. The van der Waals surface area contributed by atoms with Gasteiger partial charge in [-0.15, -0.1) is 0 Å². The van der Waals surface area contributed by atoms with Crippen LogP contribution in [0.4, 0.5) is 5.95 Å². The Kier molecular flexibility index (Phi) is 2.88. The average Bonchev–Trinajstić information content (AvgIpc) is 2.85. The Morgan fingerprint density at radius 3 is 2.76 bits per heavy atom. The number of nitrogens with zero attached hydrogens (tertiary/aromatic N) is 3. The fraction of sp³-hybridized carbons (Fsp3) is 0.294. The summed E-state index contributed by atoms with van der Waals surface area (Å²) in [6.45, 7) is 0.764. The van der Waals surface area contributed by atoms with Gasteiger partial charge in [0.25, 0.3) is 0 Å². The van der Waals surface area contributed by atoms with E-state index in [9.17, 15) is 0 Å². The van der Waals surface area contributed by atoms with Gasteiger partial charge < -0.3 is 10.3 Å². The second-order valence-electron chi connectivity index (χ2n) is 5.67. The van der Waals surface area contributed by atoms with Crippen molar-refractivity contribution < 1.29 is 0 Å². The second kappa shape index (κ2) is 4.88. The van der Waals surface area contributed by atoms with Crippen LogP contribution in [0, 0.1) is 0 Å². The summed E-state index contributed by atoms with van der Waals surface area (Å²) in [5, 5.41) is 0. The molecule has 0 saturated heterocycles. The fourth-order valence-electron chi connectivity index (χ4n) is 3.25. The second-order valence-corrected chi connectivity index (χ2v) is 5.67. The SMILES string of the molecule is Nc1nc2cnc3c(c2n1Cc1ccccc1)CCCC3. The Bertz CT molecular complexity index is 789. The zero-order valence-electron chi connectivity index (χ0n) is 11.9. The van der Waals surface area contributed by atoms with Crippen LogP contribution in [0.3, 0.4) is 0 Å². The topological polar surface area (TPSA) is 56.7 Å². The fourth-order valence-corrected chi connectivity index (χ4v) is 3.25. The van der Waals surface area contributed by atoms with Crippen LogP contribution in [-0.2, 0) is 19.4 Å². The molecule has 4 rings (SSSR count). The molecule has 2 N–H and O–H groups in total. The minimum absolute atomic E-state index is 0.578. The summed E-state index contributed by atoms with van der Waals surface area (Å²) in [6.07, 6.45) is 6.48. The lowest BCUT2D eigenvalue weighted by Gasteiger charge is -2.17. The molecule has 0 bridgehead atoms. The van der Waals surface area contributed by atoms with Gasteiger partial charge in [0.05, 0.1) is 18.3 Å². The van der Waals surface area contributed by atoms with Crippen molar-refractivity contribution >= 4 is 17.0 Å². The number of aromatic nitrogens is 3. The van der Waals surface area contributed by atoms with Crippen LogP contribution in [0.1, 0.15) is 29.7 Å². The molecule has 3 aromatic rings. The summed E-state index contributed by atoms with van der Waals surface area (Å²) in [7, 11) is 0. The third kappa shape index (κ3) is 2.07. The molecule has 0 radical (unpaired) electrons. The zero-order valence-corrected chi connectivity index (χ0v) is 11.9. The molecule has 1 aliphatic rings. The number of aryl methyl sites for hydroxylation is 2. The standard InChI is InChI=1S/C17H18N4/c18-17-20-15-10-19-14-9-5-4-8-13(14)16(15)21(17)11-12-6-2-1-3-7-12/h1-3,6-7,10H,4-5,8-9,11H2,(H2,18,20). The van der Waals surface area contributed by atoms with E-state index in [1.165, 1.54) is 35.2 Å². The Hall–Kier alpha value is -2.36. The van der Waals surface area contributed by atoms with Gasteiger partial charge in [-0.1, -0.05) is 30.3 Å². The van der Waals surface area contributed by atoms with E-state index in [4.69, 9.17) is 5.73 Å². The molecular formula is C17H18N4. The van der Waals surface area contributed by atoms with E-state index in [0.29, 0.717) is 5.95 Å². The lowest BCUT2D eigenvalue weighted by atomic mass is 9.95. The van der Waals surface area contributed by atoms with Gasteiger partial charge in [0.1, 0.15) is 5.52 Å². The highest BCUT2D eigenvalue weighted by molar-refractivity contribution is 5.82. The normalized spacial score (nSPS) is 14.3. The number of pyridine rings is 1. The molecule has 4 nitrogen and oxygen atoms in total. The van der Waals surface area contributed by atoms with Crippen LogP contribution >= 0.6 is 0 Å². The van der Waals surface area contributed by atoms with Crippen molar-refractivity contribution in [1.29, 1.82) is 0 Å². The van der Waals surface area contributed by atoms with Crippen molar-refractivity contribution in [1.82, 2.24) is 14.5 Å². The molecule has 106 valence electrons. The maximum atomic E-state index is 6.16. The summed E-state index contributed by atoms with van der Waals surface area (Å²) in [4.78, 5) is 9.07. The first kappa shape index (κ1) is 12.4. The van der Waals surface area contributed by atoms with Crippen LogP contribution in [-0.4, -0.2) is 14.5 Å². The van der Waals surface area contributed by atoms with Crippen LogP contribution in [0.5, 0.6) is 0 Å².